The van der Waals surface area contributed by atoms with Crippen molar-refractivity contribution in [1.29, 1.82) is 0 Å². The maximum absolute atomic E-state index is 8.82. The van der Waals surface area contributed by atoms with E-state index in [4.69, 9.17) is 5.11 Å². The zero-order chi connectivity index (χ0) is 12.1. The van der Waals surface area contributed by atoms with Gasteiger partial charge in [0, 0.05) is 29.3 Å². The van der Waals surface area contributed by atoms with E-state index in [0.717, 1.165) is 28.0 Å². The van der Waals surface area contributed by atoms with Crippen LogP contribution in [0.1, 0.15) is 16.3 Å². The molecule has 0 radical (unpaired) electrons. The molecule has 0 saturated heterocycles. The van der Waals surface area contributed by atoms with Crippen LogP contribution in [0.25, 0.3) is 0 Å². The van der Waals surface area contributed by atoms with E-state index >= 15 is 0 Å². The highest BCUT2D eigenvalue weighted by molar-refractivity contribution is 9.10. The molecule has 17 heavy (non-hydrogen) atoms. The van der Waals surface area contributed by atoms with E-state index in [9.17, 15) is 0 Å². The quantitative estimate of drug-likeness (QED) is 0.919. The van der Waals surface area contributed by atoms with Gasteiger partial charge in [-0.15, -0.1) is 11.3 Å². The zero-order valence-electron chi connectivity index (χ0n) is 9.40. The third-order valence-electron chi connectivity index (χ3n) is 2.51. The fraction of sp³-hybridized carbons (Fsp3) is 0.308. The summed E-state index contributed by atoms with van der Waals surface area (Å²) >= 11 is 5.11. The maximum atomic E-state index is 8.82. The van der Waals surface area contributed by atoms with Crippen molar-refractivity contribution in [2.45, 2.75) is 19.3 Å². The number of nitrogens with zero attached hydrogens (tertiary/aromatic N) is 1. The third kappa shape index (κ3) is 3.91. The Hall–Kier alpha value is -0.710. The molecule has 4 heteroatoms. The van der Waals surface area contributed by atoms with Crippen LogP contribution < -0.4 is 0 Å². The Kier molecular flexibility index (Phi) is 4.71. The molecule has 0 fully saturated rings. The van der Waals surface area contributed by atoms with Gasteiger partial charge in [-0.1, -0.05) is 28.1 Å². The van der Waals surface area contributed by atoms with Crippen LogP contribution in [0.4, 0.5) is 0 Å². The van der Waals surface area contributed by atoms with Gasteiger partial charge in [-0.25, -0.2) is 4.98 Å². The minimum atomic E-state index is 0.176. The summed E-state index contributed by atoms with van der Waals surface area (Å²) in [6.07, 6.45) is 2.64. The van der Waals surface area contributed by atoms with Crippen molar-refractivity contribution in [2.75, 3.05) is 6.61 Å². The summed E-state index contributed by atoms with van der Waals surface area (Å²) in [6.45, 7) is 0.176. The second-order valence-electron chi connectivity index (χ2n) is 3.83. The topological polar surface area (TPSA) is 33.1 Å². The number of rotatable bonds is 5. The molecule has 0 aliphatic heterocycles. The molecular formula is C13H14BrNOS. The molecule has 0 aliphatic rings. The van der Waals surface area contributed by atoms with E-state index in [0.29, 0.717) is 6.42 Å². The van der Waals surface area contributed by atoms with Crippen molar-refractivity contribution in [3.05, 3.63) is 50.4 Å². The van der Waals surface area contributed by atoms with Crippen LogP contribution in [0.15, 0.2) is 34.1 Å². The lowest BCUT2D eigenvalue weighted by molar-refractivity contribution is 0.298. The first-order chi connectivity index (χ1) is 8.28. The van der Waals surface area contributed by atoms with E-state index in [1.807, 2.05) is 5.38 Å². The van der Waals surface area contributed by atoms with E-state index in [2.05, 4.69) is 45.2 Å². The van der Waals surface area contributed by atoms with Gasteiger partial charge in [-0.05, 0) is 24.1 Å². The first-order valence-corrected chi connectivity index (χ1v) is 7.24. The number of aliphatic hydroxyl groups is 1. The molecule has 0 amide bonds. The molecule has 0 saturated carbocycles. The summed E-state index contributed by atoms with van der Waals surface area (Å²) in [5.41, 5.74) is 2.33. The molecule has 0 atom stereocenters. The standard InChI is InChI=1S/C13H14BrNOS/c14-11-4-1-10(2-5-11)3-6-13-15-12(7-8-16)9-17-13/h1-2,4-5,9,16H,3,6-8H2. The summed E-state index contributed by atoms with van der Waals surface area (Å²) in [6, 6.07) is 8.39. The van der Waals surface area contributed by atoms with E-state index in [1.54, 1.807) is 11.3 Å². The van der Waals surface area contributed by atoms with E-state index in [1.165, 1.54) is 5.56 Å². The highest BCUT2D eigenvalue weighted by Crippen LogP contribution is 2.15. The molecule has 1 aromatic heterocycles. The van der Waals surface area contributed by atoms with Gasteiger partial charge in [0.2, 0.25) is 0 Å². The Bertz CT molecular complexity index is 467. The van der Waals surface area contributed by atoms with Gasteiger partial charge in [0.05, 0.1) is 10.7 Å². The van der Waals surface area contributed by atoms with Crippen molar-refractivity contribution >= 4 is 27.3 Å². The first kappa shape index (κ1) is 12.7. The minimum absolute atomic E-state index is 0.176. The molecule has 90 valence electrons. The van der Waals surface area contributed by atoms with Crippen LogP contribution in [0.5, 0.6) is 0 Å². The number of aliphatic hydroxyl groups excluding tert-OH is 1. The number of hydrogen-bond donors (Lipinski definition) is 1. The maximum Gasteiger partial charge on any atom is 0.0931 e. The van der Waals surface area contributed by atoms with Gasteiger partial charge in [0.25, 0.3) is 0 Å². The van der Waals surface area contributed by atoms with Gasteiger partial charge >= 0.3 is 0 Å². The molecule has 1 heterocycles. The van der Waals surface area contributed by atoms with Crippen molar-refractivity contribution in [2.24, 2.45) is 0 Å². The third-order valence-corrected chi connectivity index (χ3v) is 3.99. The molecular weight excluding hydrogens is 298 g/mol. The molecule has 0 aliphatic carbocycles. The Morgan fingerprint density at radius 2 is 1.88 bits per heavy atom. The fourth-order valence-electron chi connectivity index (χ4n) is 1.60. The molecule has 2 nitrogen and oxygen atoms in total. The number of aryl methyl sites for hydroxylation is 2. The van der Waals surface area contributed by atoms with Crippen molar-refractivity contribution in [3.8, 4) is 0 Å². The Labute approximate surface area is 113 Å². The van der Waals surface area contributed by atoms with Gasteiger partial charge in [0.1, 0.15) is 0 Å². The lowest BCUT2D eigenvalue weighted by Crippen LogP contribution is -1.93. The Morgan fingerprint density at radius 3 is 2.59 bits per heavy atom. The SMILES string of the molecule is OCCc1csc(CCc2ccc(Br)cc2)n1. The monoisotopic (exact) mass is 311 g/mol. The number of thiazole rings is 1. The summed E-state index contributed by atoms with van der Waals surface area (Å²) < 4.78 is 1.11. The number of halogens is 1. The summed E-state index contributed by atoms with van der Waals surface area (Å²) in [5.74, 6) is 0. The predicted molar refractivity (Wildman–Crippen MR) is 74.5 cm³/mol. The fourth-order valence-corrected chi connectivity index (χ4v) is 2.69. The lowest BCUT2D eigenvalue weighted by Gasteiger charge is -1.99. The highest BCUT2D eigenvalue weighted by Gasteiger charge is 2.02. The largest absolute Gasteiger partial charge is 0.396 e. The number of benzene rings is 1. The summed E-state index contributed by atoms with van der Waals surface area (Å²) in [5, 5.41) is 12.0. The second-order valence-corrected chi connectivity index (χ2v) is 5.69. The minimum Gasteiger partial charge on any atom is -0.396 e. The van der Waals surface area contributed by atoms with Crippen LogP contribution >= 0.6 is 27.3 Å². The molecule has 0 unspecified atom stereocenters. The zero-order valence-corrected chi connectivity index (χ0v) is 11.8. The van der Waals surface area contributed by atoms with Gasteiger partial charge < -0.3 is 5.11 Å². The normalized spacial score (nSPS) is 10.7. The lowest BCUT2D eigenvalue weighted by atomic mass is 10.1. The predicted octanol–water partition coefficient (Wildman–Crippen LogP) is 3.23. The van der Waals surface area contributed by atoms with Crippen molar-refractivity contribution < 1.29 is 5.11 Å². The van der Waals surface area contributed by atoms with Crippen molar-refractivity contribution in [1.82, 2.24) is 4.98 Å². The van der Waals surface area contributed by atoms with Crippen LogP contribution in [0.3, 0.4) is 0 Å². The van der Waals surface area contributed by atoms with Crippen LogP contribution in [-0.2, 0) is 19.3 Å². The average molecular weight is 312 g/mol. The highest BCUT2D eigenvalue weighted by atomic mass is 79.9. The summed E-state index contributed by atoms with van der Waals surface area (Å²) in [7, 11) is 0. The molecule has 0 bridgehead atoms. The molecule has 0 spiro atoms. The Morgan fingerprint density at radius 1 is 1.12 bits per heavy atom. The van der Waals surface area contributed by atoms with E-state index in [-0.39, 0.29) is 6.61 Å². The second kappa shape index (κ2) is 6.28. The van der Waals surface area contributed by atoms with Gasteiger partial charge in [0.15, 0.2) is 0 Å². The van der Waals surface area contributed by atoms with Gasteiger partial charge in [-0.2, -0.15) is 0 Å². The smallest absolute Gasteiger partial charge is 0.0931 e. The van der Waals surface area contributed by atoms with Crippen LogP contribution in [0, 0.1) is 0 Å². The first-order valence-electron chi connectivity index (χ1n) is 5.56. The number of aromatic nitrogens is 1. The molecule has 1 N–H and O–H groups in total. The molecule has 2 rings (SSSR count). The average Bonchev–Trinajstić information content (AvgIpc) is 2.77. The number of hydrogen-bond acceptors (Lipinski definition) is 3. The van der Waals surface area contributed by atoms with Crippen molar-refractivity contribution in [3.63, 3.8) is 0 Å². The molecule has 1 aromatic carbocycles. The van der Waals surface area contributed by atoms with Gasteiger partial charge in [-0.3, -0.25) is 0 Å². The summed E-state index contributed by atoms with van der Waals surface area (Å²) in [4.78, 5) is 4.48. The Balaban J connectivity index is 1.90. The molecule has 2 aromatic rings. The van der Waals surface area contributed by atoms with Crippen LogP contribution in [-0.4, -0.2) is 16.7 Å². The van der Waals surface area contributed by atoms with Crippen LogP contribution in [0.2, 0.25) is 0 Å². The van der Waals surface area contributed by atoms with E-state index < -0.39 is 0 Å².